The molecule has 84 valence electrons. The topological polar surface area (TPSA) is 37.0 Å². The number of aromatic amines is 1. The van der Waals surface area contributed by atoms with Crippen LogP contribution < -0.4 is 5.32 Å². The molecule has 1 fully saturated rings. The standard InChI is InChI=1S/C13H16N2O/c1-3-10(11-5-7-15-12(11)4-1)13-9-16-8-2-6-14-13/h1,3-5,7,13-15H,2,6,8-9H2. The molecule has 0 radical (unpaired) electrons. The lowest BCUT2D eigenvalue weighted by molar-refractivity contribution is 0.132. The molecule has 1 saturated heterocycles. The first-order chi connectivity index (χ1) is 7.95. The second kappa shape index (κ2) is 4.28. The Morgan fingerprint density at radius 2 is 2.25 bits per heavy atom. The van der Waals surface area contributed by atoms with Crippen LogP contribution in [0, 0.1) is 0 Å². The maximum atomic E-state index is 5.61. The van der Waals surface area contributed by atoms with Crippen LogP contribution in [0.15, 0.2) is 30.5 Å². The smallest absolute Gasteiger partial charge is 0.0661 e. The molecular weight excluding hydrogens is 200 g/mol. The highest BCUT2D eigenvalue weighted by Gasteiger charge is 2.16. The van der Waals surface area contributed by atoms with Gasteiger partial charge in [0.2, 0.25) is 0 Å². The van der Waals surface area contributed by atoms with E-state index in [1.54, 1.807) is 0 Å². The molecule has 1 aliphatic rings. The van der Waals surface area contributed by atoms with Crippen LogP contribution in [0.1, 0.15) is 18.0 Å². The number of nitrogens with one attached hydrogen (secondary N) is 2. The first-order valence-electron chi connectivity index (χ1n) is 5.82. The van der Waals surface area contributed by atoms with Crippen molar-refractivity contribution in [3.8, 4) is 0 Å². The predicted octanol–water partition coefficient (Wildman–Crippen LogP) is 2.22. The van der Waals surface area contributed by atoms with Crippen molar-refractivity contribution in [2.24, 2.45) is 0 Å². The number of aromatic nitrogens is 1. The van der Waals surface area contributed by atoms with E-state index in [4.69, 9.17) is 4.74 Å². The Labute approximate surface area is 94.8 Å². The van der Waals surface area contributed by atoms with Gasteiger partial charge < -0.3 is 15.0 Å². The largest absolute Gasteiger partial charge is 0.379 e. The van der Waals surface area contributed by atoms with Crippen molar-refractivity contribution in [3.05, 3.63) is 36.0 Å². The SMILES string of the molecule is c1cc(C2COCCCN2)c2cc[nH]c2c1. The zero-order chi connectivity index (χ0) is 10.8. The van der Waals surface area contributed by atoms with Gasteiger partial charge in [-0.25, -0.2) is 0 Å². The van der Waals surface area contributed by atoms with Crippen molar-refractivity contribution in [1.29, 1.82) is 0 Å². The second-order valence-electron chi connectivity index (χ2n) is 4.22. The third-order valence-electron chi connectivity index (χ3n) is 3.14. The van der Waals surface area contributed by atoms with Gasteiger partial charge in [-0.1, -0.05) is 12.1 Å². The number of H-pyrrole nitrogens is 1. The van der Waals surface area contributed by atoms with E-state index in [2.05, 4.69) is 34.6 Å². The summed E-state index contributed by atoms with van der Waals surface area (Å²) in [5.41, 5.74) is 2.53. The Kier molecular flexibility index (Phi) is 2.64. The van der Waals surface area contributed by atoms with Gasteiger partial charge >= 0.3 is 0 Å². The van der Waals surface area contributed by atoms with Crippen LogP contribution in [0.5, 0.6) is 0 Å². The van der Waals surface area contributed by atoms with Gasteiger partial charge in [-0.05, 0) is 30.7 Å². The summed E-state index contributed by atoms with van der Waals surface area (Å²) in [7, 11) is 0. The van der Waals surface area contributed by atoms with Gasteiger partial charge in [0.05, 0.1) is 12.6 Å². The van der Waals surface area contributed by atoms with Crippen LogP contribution in [0.2, 0.25) is 0 Å². The summed E-state index contributed by atoms with van der Waals surface area (Å²) in [4.78, 5) is 3.25. The lowest BCUT2D eigenvalue weighted by atomic mass is 10.0. The summed E-state index contributed by atoms with van der Waals surface area (Å²) in [5.74, 6) is 0. The average molecular weight is 216 g/mol. The number of benzene rings is 1. The molecule has 2 N–H and O–H groups in total. The minimum atomic E-state index is 0.321. The molecule has 2 aromatic rings. The van der Waals surface area contributed by atoms with E-state index in [-0.39, 0.29) is 0 Å². The van der Waals surface area contributed by atoms with Gasteiger partial charge in [0.25, 0.3) is 0 Å². The van der Waals surface area contributed by atoms with Gasteiger partial charge in [-0.3, -0.25) is 0 Å². The van der Waals surface area contributed by atoms with E-state index in [9.17, 15) is 0 Å². The van der Waals surface area contributed by atoms with E-state index in [1.165, 1.54) is 16.5 Å². The molecule has 1 unspecified atom stereocenters. The quantitative estimate of drug-likeness (QED) is 0.767. The van der Waals surface area contributed by atoms with E-state index in [0.29, 0.717) is 6.04 Å². The summed E-state index contributed by atoms with van der Waals surface area (Å²) in [6.45, 7) is 2.67. The fraction of sp³-hybridized carbons (Fsp3) is 0.385. The summed E-state index contributed by atoms with van der Waals surface area (Å²) in [6, 6.07) is 8.85. The first kappa shape index (κ1) is 9.87. The number of hydrogen-bond acceptors (Lipinski definition) is 2. The lowest BCUT2D eigenvalue weighted by Gasteiger charge is -2.16. The summed E-state index contributed by atoms with van der Waals surface area (Å²) in [6.07, 6.45) is 3.09. The van der Waals surface area contributed by atoms with E-state index >= 15 is 0 Å². The summed E-state index contributed by atoms with van der Waals surface area (Å²) in [5, 5.41) is 4.84. The zero-order valence-electron chi connectivity index (χ0n) is 9.20. The highest BCUT2D eigenvalue weighted by Crippen LogP contribution is 2.24. The molecule has 0 saturated carbocycles. The Morgan fingerprint density at radius 3 is 3.25 bits per heavy atom. The molecule has 3 nitrogen and oxygen atoms in total. The van der Waals surface area contributed by atoms with E-state index in [0.717, 1.165) is 26.2 Å². The van der Waals surface area contributed by atoms with Crippen LogP contribution in [0.3, 0.4) is 0 Å². The van der Waals surface area contributed by atoms with Crippen LogP contribution in [0.4, 0.5) is 0 Å². The van der Waals surface area contributed by atoms with Crippen molar-refractivity contribution in [2.45, 2.75) is 12.5 Å². The van der Waals surface area contributed by atoms with Gasteiger partial charge in [0, 0.05) is 23.7 Å². The number of ether oxygens (including phenoxy) is 1. The van der Waals surface area contributed by atoms with Crippen molar-refractivity contribution in [2.75, 3.05) is 19.8 Å². The van der Waals surface area contributed by atoms with Crippen molar-refractivity contribution >= 4 is 10.9 Å². The van der Waals surface area contributed by atoms with Gasteiger partial charge in [0.15, 0.2) is 0 Å². The predicted molar refractivity (Wildman–Crippen MR) is 64.5 cm³/mol. The zero-order valence-corrected chi connectivity index (χ0v) is 9.20. The van der Waals surface area contributed by atoms with Crippen LogP contribution >= 0.6 is 0 Å². The molecule has 0 bridgehead atoms. The Morgan fingerprint density at radius 1 is 1.25 bits per heavy atom. The molecule has 1 aromatic heterocycles. The fourth-order valence-electron chi connectivity index (χ4n) is 2.32. The van der Waals surface area contributed by atoms with E-state index in [1.807, 2.05) is 6.20 Å². The maximum absolute atomic E-state index is 5.61. The van der Waals surface area contributed by atoms with Gasteiger partial charge in [-0.2, -0.15) is 0 Å². The molecule has 2 heterocycles. The average Bonchev–Trinajstić information content (AvgIpc) is 2.63. The van der Waals surface area contributed by atoms with Gasteiger partial charge in [0.1, 0.15) is 0 Å². The fourth-order valence-corrected chi connectivity index (χ4v) is 2.32. The second-order valence-corrected chi connectivity index (χ2v) is 4.22. The van der Waals surface area contributed by atoms with Crippen LogP contribution in [-0.4, -0.2) is 24.7 Å². The molecule has 16 heavy (non-hydrogen) atoms. The summed E-state index contributed by atoms with van der Waals surface area (Å²) >= 11 is 0. The Bertz CT molecular complexity index is 469. The van der Waals surface area contributed by atoms with Crippen molar-refractivity contribution < 1.29 is 4.74 Å². The molecule has 0 amide bonds. The third kappa shape index (κ3) is 1.72. The minimum Gasteiger partial charge on any atom is -0.379 e. The molecular formula is C13H16N2O. The highest BCUT2D eigenvalue weighted by molar-refractivity contribution is 5.83. The molecule has 1 aromatic carbocycles. The lowest BCUT2D eigenvalue weighted by Crippen LogP contribution is -2.23. The van der Waals surface area contributed by atoms with Gasteiger partial charge in [-0.15, -0.1) is 0 Å². The van der Waals surface area contributed by atoms with Crippen molar-refractivity contribution in [1.82, 2.24) is 10.3 Å². The Hall–Kier alpha value is -1.32. The molecule has 1 aliphatic heterocycles. The first-order valence-corrected chi connectivity index (χ1v) is 5.82. The highest BCUT2D eigenvalue weighted by atomic mass is 16.5. The monoisotopic (exact) mass is 216 g/mol. The van der Waals surface area contributed by atoms with E-state index < -0.39 is 0 Å². The third-order valence-corrected chi connectivity index (χ3v) is 3.14. The number of hydrogen-bond donors (Lipinski definition) is 2. The number of rotatable bonds is 1. The Balaban J connectivity index is 2.00. The number of fused-ring (bicyclic) bond motifs is 1. The molecule has 1 atom stereocenters. The van der Waals surface area contributed by atoms with Crippen LogP contribution in [-0.2, 0) is 4.74 Å². The van der Waals surface area contributed by atoms with Crippen LogP contribution in [0.25, 0.3) is 10.9 Å². The maximum Gasteiger partial charge on any atom is 0.0661 e. The summed E-state index contributed by atoms with van der Waals surface area (Å²) < 4.78 is 5.61. The molecule has 3 rings (SSSR count). The normalized spacial score (nSPS) is 22.1. The van der Waals surface area contributed by atoms with Crippen molar-refractivity contribution in [3.63, 3.8) is 0 Å². The minimum absolute atomic E-state index is 0.321. The molecule has 0 aliphatic carbocycles. The molecule has 3 heteroatoms. The molecule has 0 spiro atoms.